The van der Waals surface area contributed by atoms with Crippen LogP contribution in [-0.2, 0) is 4.79 Å². The van der Waals surface area contributed by atoms with Gasteiger partial charge in [-0.2, -0.15) is 0 Å². The molecule has 1 heterocycles. The molecule has 1 aliphatic heterocycles. The second kappa shape index (κ2) is 5.73. The van der Waals surface area contributed by atoms with Crippen molar-refractivity contribution in [2.45, 2.75) is 6.42 Å². The minimum atomic E-state index is -0.0906. The predicted octanol–water partition coefficient (Wildman–Crippen LogP) is 0.903. The summed E-state index contributed by atoms with van der Waals surface area (Å²) in [5.41, 5.74) is 0.623. The van der Waals surface area contributed by atoms with Crippen LogP contribution in [0.3, 0.4) is 0 Å². The Hall–Kier alpha value is -2.04. The number of nitrogens with zero attached hydrogens (tertiary/aromatic N) is 1. The second-order valence-corrected chi connectivity index (χ2v) is 4.58. The highest BCUT2D eigenvalue weighted by Crippen LogP contribution is 2.20. The summed E-state index contributed by atoms with van der Waals surface area (Å²) < 4.78 is 5.06. The minimum absolute atomic E-state index is 0.00466. The van der Waals surface area contributed by atoms with Gasteiger partial charge >= 0.3 is 0 Å². The fourth-order valence-corrected chi connectivity index (χ4v) is 2.28. The molecule has 2 amide bonds. The average molecular weight is 262 g/mol. The van der Waals surface area contributed by atoms with Gasteiger partial charge < -0.3 is 15.0 Å². The summed E-state index contributed by atoms with van der Waals surface area (Å²) in [6.07, 6.45) is 0.724. The molecule has 19 heavy (non-hydrogen) atoms. The Balaban J connectivity index is 2.02. The van der Waals surface area contributed by atoms with E-state index in [9.17, 15) is 9.59 Å². The highest BCUT2D eigenvalue weighted by Gasteiger charge is 2.30. The number of amides is 2. The molecule has 0 bridgehead atoms. The average Bonchev–Trinajstić information content (AvgIpc) is 2.95. The molecule has 1 aromatic rings. The Morgan fingerprint density at radius 2 is 2.00 bits per heavy atom. The number of carbonyl (C=O) groups is 2. The fourth-order valence-electron chi connectivity index (χ4n) is 2.28. The van der Waals surface area contributed by atoms with E-state index in [1.807, 2.05) is 0 Å². The SMILES string of the molecule is CNC(=O)C1CCN(C(=O)c2ccc(OC)cc2)C1. The van der Waals surface area contributed by atoms with Crippen molar-refractivity contribution in [3.8, 4) is 5.75 Å². The maximum absolute atomic E-state index is 12.3. The highest BCUT2D eigenvalue weighted by molar-refractivity contribution is 5.95. The Labute approximate surface area is 112 Å². The van der Waals surface area contributed by atoms with Crippen molar-refractivity contribution >= 4 is 11.8 Å². The molecule has 5 heteroatoms. The van der Waals surface area contributed by atoms with Crippen molar-refractivity contribution in [1.82, 2.24) is 10.2 Å². The molecule has 102 valence electrons. The summed E-state index contributed by atoms with van der Waals surface area (Å²) in [7, 11) is 3.21. The first-order chi connectivity index (χ1) is 9.15. The predicted molar refractivity (Wildman–Crippen MR) is 71.1 cm³/mol. The lowest BCUT2D eigenvalue weighted by molar-refractivity contribution is -0.124. The van der Waals surface area contributed by atoms with E-state index >= 15 is 0 Å². The van der Waals surface area contributed by atoms with Gasteiger partial charge in [0, 0.05) is 25.7 Å². The Morgan fingerprint density at radius 3 is 2.58 bits per heavy atom. The number of hydrogen-bond acceptors (Lipinski definition) is 3. The van der Waals surface area contributed by atoms with E-state index in [-0.39, 0.29) is 17.7 Å². The van der Waals surface area contributed by atoms with Gasteiger partial charge in [0.2, 0.25) is 5.91 Å². The molecule has 0 radical (unpaired) electrons. The number of nitrogens with one attached hydrogen (secondary N) is 1. The third-order valence-electron chi connectivity index (χ3n) is 3.43. The Bertz CT molecular complexity index is 470. The number of likely N-dealkylation sites (tertiary alicyclic amines) is 1. The quantitative estimate of drug-likeness (QED) is 0.880. The van der Waals surface area contributed by atoms with Crippen molar-refractivity contribution in [3.63, 3.8) is 0 Å². The van der Waals surface area contributed by atoms with E-state index in [0.717, 1.165) is 12.2 Å². The van der Waals surface area contributed by atoms with Crippen molar-refractivity contribution in [2.24, 2.45) is 5.92 Å². The number of benzene rings is 1. The molecule has 0 aliphatic carbocycles. The molecule has 0 saturated carbocycles. The summed E-state index contributed by atoms with van der Waals surface area (Å²) in [6, 6.07) is 7.02. The van der Waals surface area contributed by atoms with Gasteiger partial charge in [-0.3, -0.25) is 9.59 Å². The lowest BCUT2D eigenvalue weighted by Crippen LogP contribution is -2.33. The zero-order valence-electron chi connectivity index (χ0n) is 11.2. The molecule has 5 nitrogen and oxygen atoms in total. The fraction of sp³-hybridized carbons (Fsp3) is 0.429. The summed E-state index contributed by atoms with van der Waals surface area (Å²) in [5.74, 6) is 0.604. The monoisotopic (exact) mass is 262 g/mol. The van der Waals surface area contributed by atoms with Crippen LogP contribution in [0.1, 0.15) is 16.8 Å². The Morgan fingerprint density at radius 1 is 1.32 bits per heavy atom. The van der Waals surface area contributed by atoms with Crippen LogP contribution in [0, 0.1) is 5.92 Å². The first kappa shape index (κ1) is 13.4. The number of ether oxygens (including phenoxy) is 1. The molecule has 2 rings (SSSR count). The van der Waals surface area contributed by atoms with Gasteiger partial charge in [0.15, 0.2) is 0 Å². The van der Waals surface area contributed by atoms with Gasteiger partial charge in [0.25, 0.3) is 5.91 Å². The van der Waals surface area contributed by atoms with Crippen molar-refractivity contribution < 1.29 is 14.3 Å². The smallest absolute Gasteiger partial charge is 0.253 e. The molecule has 1 aromatic carbocycles. The minimum Gasteiger partial charge on any atom is -0.497 e. The van der Waals surface area contributed by atoms with Crippen LogP contribution < -0.4 is 10.1 Å². The molecule has 0 aromatic heterocycles. The molecule has 1 N–H and O–H groups in total. The number of carbonyl (C=O) groups excluding carboxylic acids is 2. The number of methoxy groups -OCH3 is 1. The maximum Gasteiger partial charge on any atom is 0.253 e. The zero-order valence-corrected chi connectivity index (χ0v) is 11.2. The van der Waals surface area contributed by atoms with Crippen LogP contribution in [0.5, 0.6) is 5.75 Å². The Kier molecular flexibility index (Phi) is 4.04. The first-order valence-corrected chi connectivity index (χ1v) is 6.30. The lowest BCUT2D eigenvalue weighted by Gasteiger charge is -2.16. The second-order valence-electron chi connectivity index (χ2n) is 4.58. The molecular weight excluding hydrogens is 244 g/mol. The molecule has 1 unspecified atom stereocenters. The van der Waals surface area contributed by atoms with Crippen molar-refractivity contribution in [3.05, 3.63) is 29.8 Å². The summed E-state index contributed by atoms with van der Waals surface area (Å²) in [6.45, 7) is 1.12. The van der Waals surface area contributed by atoms with Crippen LogP contribution in [-0.4, -0.2) is 44.0 Å². The first-order valence-electron chi connectivity index (χ1n) is 6.30. The summed E-state index contributed by atoms with van der Waals surface area (Å²) >= 11 is 0. The van der Waals surface area contributed by atoms with E-state index in [2.05, 4.69) is 5.32 Å². The number of rotatable bonds is 3. The maximum atomic E-state index is 12.3. The van der Waals surface area contributed by atoms with Crippen molar-refractivity contribution in [2.75, 3.05) is 27.2 Å². The van der Waals surface area contributed by atoms with E-state index in [4.69, 9.17) is 4.74 Å². The third kappa shape index (κ3) is 2.86. The van der Waals surface area contributed by atoms with Crippen LogP contribution in [0.4, 0.5) is 0 Å². The van der Waals surface area contributed by atoms with Crippen LogP contribution in [0.2, 0.25) is 0 Å². The van der Waals surface area contributed by atoms with Crippen molar-refractivity contribution in [1.29, 1.82) is 0 Å². The van der Waals surface area contributed by atoms with Crippen LogP contribution in [0.15, 0.2) is 24.3 Å². The summed E-state index contributed by atoms with van der Waals surface area (Å²) in [4.78, 5) is 25.5. The summed E-state index contributed by atoms with van der Waals surface area (Å²) in [5, 5.41) is 2.63. The molecule has 1 atom stereocenters. The standard InChI is InChI=1S/C14H18N2O3/c1-15-13(17)11-7-8-16(9-11)14(18)10-3-5-12(19-2)6-4-10/h3-6,11H,7-9H2,1-2H3,(H,15,17). The van der Waals surface area contributed by atoms with Gasteiger partial charge in [0.1, 0.15) is 5.75 Å². The zero-order chi connectivity index (χ0) is 13.8. The van der Waals surface area contributed by atoms with Gasteiger partial charge in [-0.1, -0.05) is 0 Å². The van der Waals surface area contributed by atoms with E-state index in [1.165, 1.54) is 0 Å². The van der Waals surface area contributed by atoms with Crippen LogP contribution in [0.25, 0.3) is 0 Å². The van der Waals surface area contributed by atoms with Crippen LogP contribution >= 0.6 is 0 Å². The molecule has 0 spiro atoms. The normalized spacial score (nSPS) is 18.2. The molecule has 1 fully saturated rings. The van der Waals surface area contributed by atoms with Gasteiger partial charge in [-0.25, -0.2) is 0 Å². The molecule has 1 aliphatic rings. The van der Waals surface area contributed by atoms with E-state index in [0.29, 0.717) is 18.7 Å². The largest absolute Gasteiger partial charge is 0.497 e. The van der Waals surface area contributed by atoms with Gasteiger partial charge in [-0.15, -0.1) is 0 Å². The third-order valence-corrected chi connectivity index (χ3v) is 3.43. The van der Waals surface area contributed by atoms with Gasteiger partial charge in [0.05, 0.1) is 13.0 Å². The van der Waals surface area contributed by atoms with E-state index in [1.54, 1.807) is 43.3 Å². The topological polar surface area (TPSA) is 58.6 Å². The molecular formula is C14H18N2O3. The molecule has 1 saturated heterocycles. The number of hydrogen-bond donors (Lipinski definition) is 1. The highest BCUT2D eigenvalue weighted by atomic mass is 16.5. The van der Waals surface area contributed by atoms with E-state index < -0.39 is 0 Å². The lowest BCUT2D eigenvalue weighted by atomic mass is 10.1. The van der Waals surface area contributed by atoms with Gasteiger partial charge in [-0.05, 0) is 30.7 Å².